The third kappa shape index (κ3) is 6.86. The first kappa shape index (κ1) is 27.5. The van der Waals surface area contributed by atoms with Crippen molar-refractivity contribution in [1.29, 1.82) is 5.26 Å². The Morgan fingerprint density at radius 1 is 0.865 bits per heavy atom. The van der Waals surface area contributed by atoms with Crippen LogP contribution in [0.15, 0.2) is 36.4 Å². The van der Waals surface area contributed by atoms with Gasteiger partial charge in [0.15, 0.2) is 0 Å². The highest BCUT2D eigenvalue weighted by Gasteiger charge is 2.42. The average Bonchev–Trinajstić information content (AvgIpc) is 2.89. The molecule has 2 aromatic carbocycles. The zero-order valence-corrected chi connectivity index (χ0v) is 21.6. The fraction of sp³-hybridized carbons (Fsp3) is 0.581. The van der Waals surface area contributed by atoms with Crippen molar-refractivity contribution in [3.05, 3.63) is 64.7 Å². The molecule has 2 aliphatic carbocycles. The van der Waals surface area contributed by atoms with E-state index in [-0.39, 0.29) is 17.2 Å². The normalized spacial score (nSPS) is 24.4. The van der Waals surface area contributed by atoms with Gasteiger partial charge in [-0.2, -0.15) is 14.0 Å². The maximum Gasteiger partial charge on any atom is 0.432 e. The van der Waals surface area contributed by atoms with Gasteiger partial charge >= 0.3 is 6.11 Å². The van der Waals surface area contributed by atoms with Crippen LogP contribution in [-0.2, 0) is 6.11 Å². The summed E-state index contributed by atoms with van der Waals surface area (Å²) in [6.45, 7) is 2.24. The van der Waals surface area contributed by atoms with Crippen molar-refractivity contribution in [2.45, 2.75) is 96.0 Å². The lowest BCUT2D eigenvalue weighted by Crippen LogP contribution is -2.26. The van der Waals surface area contributed by atoms with Crippen LogP contribution in [-0.4, -0.2) is 0 Å². The number of hydrogen-bond acceptors (Lipinski definition) is 2. The van der Waals surface area contributed by atoms with Crippen LogP contribution >= 0.6 is 0 Å². The summed E-state index contributed by atoms with van der Waals surface area (Å²) >= 11 is 0. The summed E-state index contributed by atoms with van der Waals surface area (Å²) in [6.07, 6.45) is 10.1. The SMILES string of the molecule is CCCCCC1CCC(C2CCC(c3cc(F)c(C(F)(F)Oc4ccc(C#N)cc4)c(F)c3)CC2)CC1. The third-order valence-corrected chi connectivity index (χ3v) is 8.60. The molecule has 2 aliphatic rings. The Balaban J connectivity index is 1.34. The Morgan fingerprint density at radius 3 is 1.97 bits per heavy atom. The highest BCUT2D eigenvalue weighted by molar-refractivity contribution is 5.36. The first-order valence-electron chi connectivity index (χ1n) is 13.9. The van der Waals surface area contributed by atoms with Gasteiger partial charge in [-0.1, -0.05) is 45.4 Å². The molecule has 2 aromatic rings. The molecule has 0 radical (unpaired) electrons. The monoisotopic (exact) mass is 515 g/mol. The molecule has 0 bridgehead atoms. The lowest BCUT2D eigenvalue weighted by Gasteiger charge is -2.38. The predicted molar refractivity (Wildman–Crippen MR) is 136 cm³/mol. The van der Waals surface area contributed by atoms with Crippen LogP contribution < -0.4 is 4.74 Å². The summed E-state index contributed by atoms with van der Waals surface area (Å²) < 4.78 is 63.8. The molecule has 0 aromatic heterocycles. The zero-order chi connectivity index (χ0) is 26.4. The average molecular weight is 516 g/mol. The molecule has 0 heterocycles. The number of unbranched alkanes of at least 4 members (excludes halogenated alkanes) is 2. The predicted octanol–water partition coefficient (Wildman–Crippen LogP) is 9.63. The summed E-state index contributed by atoms with van der Waals surface area (Å²) in [7, 11) is 0. The van der Waals surface area contributed by atoms with E-state index < -0.39 is 23.3 Å². The van der Waals surface area contributed by atoms with Gasteiger partial charge in [-0.3, -0.25) is 0 Å². The minimum absolute atomic E-state index is 0.0206. The van der Waals surface area contributed by atoms with Crippen molar-refractivity contribution in [3.8, 4) is 11.8 Å². The van der Waals surface area contributed by atoms with Gasteiger partial charge in [-0.25, -0.2) is 8.78 Å². The highest BCUT2D eigenvalue weighted by Crippen LogP contribution is 2.45. The second-order valence-electron chi connectivity index (χ2n) is 11.0. The molecule has 6 heteroatoms. The van der Waals surface area contributed by atoms with Crippen LogP contribution in [0.1, 0.15) is 107 Å². The number of nitrogens with zero attached hydrogens (tertiary/aromatic N) is 1. The summed E-state index contributed by atoms with van der Waals surface area (Å²) in [4.78, 5) is 0. The molecule has 4 rings (SSSR count). The van der Waals surface area contributed by atoms with E-state index in [9.17, 15) is 17.6 Å². The lowest BCUT2D eigenvalue weighted by atomic mass is 9.68. The molecule has 0 N–H and O–H groups in total. The van der Waals surface area contributed by atoms with E-state index in [4.69, 9.17) is 5.26 Å². The Morgan fingerprint density at radius 2 is 1.43 bits per heavy atom. The summed E-state index contributed by atoms with van der Waals surface area (Å²) in [6, 6.07) is 8.94. The Labute approximate surface area is 218 Å². The fourth-order valence-corrected chi connectivity index (χ4v) is 6.46. The third-order valence-electron chi connectivity index (χ3n) is 8.60. The summed E-state index contributed by atoms with van der Waals surface area (Å²) in [5, 5.41) is 8.83. The van der Waals surface area contributed by atoms with Crippen LogP contribution in [0.4, 0.5) is 17.6 Å². The van der Waals surface area contributed by atoms with Gasteiger partial charge in [-0.15, -0.1) is 0 Å². The van der Waals surface area contributed by atoms with Gasteiger partial charge in [0.1, 0.15) is 22.9 Å². The van der Waals surface area contributed by atoms with Crippen LogP contribution in [0.5, 0.6) is 5.75 Å². The van der Waals surface area contributed by atoms with Crippen LogP contribution in [0.2, 0.25) is 0 Å². The van der Waals surface area contributed by atoms with Gasteiger partial charge < -0.3 is 4.74 Å². The first-order valence-corrected chi connectivity index (χ1v) is 13.9. The number of alkyl halides is 2. The van der Waals surface area contributed by atoms with Crippen molar-refractivity contribution in [3.63, 3.8) is 0 Å². The quantitative estimate of drug-likeness (QED) is 0.246. The van der Waals surface area contributed by atoms with Gasteiger partial charge in [0.25, 0.3) is 0 Å². The molecule has 200 valence electrons. The van der Waals surface area contributed by atoms with E-state index in [1.54, 1.807) is 0 Å². The van der Waals surface area contributed by atoms with Gasteiger partial charge in [0, 0.05) is 0 Å². The number of rotatable bonds is 9. The molecule has 2 saturated carbocycles. The highest BCUT2D eigenvalue weighted by atomic mass is 19.3. The molecule has 0 unspecified atom stereocenters. The maximum atomic E-state index is 14.9. The Bertz CT molecular complexity index is 1040. The fourth-order valence-electron chi connectivity index (χ4n) is 6.46. The van der Waals surface area contributed by atoms with E-state index in [1.165, 1.54) is 75.6 Å². The number of halogens is 4. The number of nitriles is 1. The zero-order valence-electron chi connectivity index (χ0n) is 21.6. The van der Waals surface area contributed by atoms with Crippen LogP contribution in [0.3, 0.4) is 0 Å². The molecule has 0 aliphatic heterocycles. The molecule has 0 saturated heterocycles. The second-order valence-corrected chi connectivity index (χ2v) is 11.0. The summed E-state index contributed by atoms with van der Waals surface area (Å²) in [5.74, 6) is -0.603. The van der Waals surface area contributed by atoms with E-state index in [0.717, 1.165) is 49.7 Å². The maximum absolute atomic E-state index is 14.9. The molecular formula is C31H37F4NO. The van der Waals surface area contributed by atoms with Crippen molar-refractivity contribution >= 4 is 0 Å². The minimum Gasteiger partial charge on any atom is -0.429 e. The number of ether oxygens (including phenoxy) is 1. The molecule has 37 heavy (non-hydrogen) atoms. The minimum atomic E-state index is -4.19. The van der Waals surface area contributed by atoms with E-state index in [0.29, 0.717) is 11.5 Å². The van der Waals surface area contributed by atoms with Crippen molar-refractivity contribution in [1.82, 2.24) is 0 Å². The van der Waals surface area contributed by atoms with Crippen molar-refractivity contribution in [2.24, 2.45) is 17.8 Å². The smallest absolute Gasteiger partial charge is 0.429 e. The lowest BCUT2D eigenvalue weighted by molar-refractivity contribution is -0.189. The first-order chi connectivity index (χ1) is 17.8. The second kappa shape index (κ2) is 12.3. The van der Waals surface area contributed by atoms with Gasteiger partial charge in [0.2, 0.25) is 0 Å². The Hall–Kier alpha value is -2.55. The van der Waals surface area contributed by atoms with Crippen LogP contribution in [0, 0.1) is 40.7 Å². The molecular weight excluding hydrogens is 478 g/mol. The molecule has 2 nitrogen and oxygen atoms in total. The van der Waals surface area contributed by atoms with E-state index in [1.807, 2.05) is 6.07 Å². The van der Waals surface area contributed by atoms with Crippen LogP contribution in [0.25, 0.3) is 0 Å². The largest absolute Gasteiger partial charge is 0.432 e. The van der Waals surface area contributed by atoms with Crippen molar-refractivity contribution in [2.75, 3.05) is 0 Å². The molecule has 2 fully saturated rings. The Kier molecular flexibility index (Phi) is 9.16. The van der Waals surface area contributed by atoms with E-state index in [2.05, 4.69) is 11.7 Å². The number of benzene rings is 2. The molecule has 0 atom stereocenters. The van der Waals surface area contributed by atoms with Gasteiger partial charge in [-0.05, 0) is 104 Å². The van der Waals surface area contributed by atoms with Gasteiger partial charge in [0.05, 0.1) is 11.6 Å². The topological polar surface area (TPSA) is 33.0 Å². The van der Waals surface area contributed by atoms with E-state index >= 15 is 0 Å². The van der Waals surface area contributed by atoms with Crippen molar-refractivity contribution < 1.29 is 22.3 Å². The number of hydrogen-bond donors (Lipinski definition) is 0. The summed E-state index contributed by atoms with van der Waals surface area (Å²) in [5.41, 5.74) is -0.668. The standard InChI is InChI=1S/C31H37F4NO/c1-2-3-4-5-21-6-10-23(11-7-21)24-12-14-25(15-13-24)26-18-28(32)30(29(33)19-26)31(34,35)37-27-16-8-22(20-36)9-17-27/h8-9,16-19,21,23-25H,2-7,10-15H2,1H3. The molecule has 0 spiro atoms. The molecule has 0 amide bonds.